The zero-order valence-electron chi connectivity index (χ0n) is 15.4. The third-order valence-corrected chi connectivity index (χ3v) is 4.91. The van der Waals surface area contributed by atoms with Crippen LogP contribution in [0.1, 0.15) is 32.7 Å². The molecular weight excluding hydrogens is 360 g/mol. The maximum absolute atomic E-state index is 13.1. The lowest BCUT2D eigenvalue weighted by molar-refractivity contribution is 0.0696. The fraction of sp³-hybridized carbons (Fsp3) is 0.190. The van der Waals surface area contributed by atoms with E-state index in [9.17, 15) is 14.7 Å². The molecule has 0 aromatic heterocycles. The van der Waals surface area contributed by atoms with Crippen LogP contribution in [0.3, 0.4) is 0 Å². The molecule has 0 spiro atoms. The van der Waals surface area contributed by atoms with Crippen LogP contribution in [0.5, 0.6) is 11.5 Å². The molecule has 1 atom stereocenters. The van der Waals surface area contributed by atoms with Crippen LogP contribution in [0.25, 0.3) is 5.57 Å². The van der Waals surface area contributed by atoms with Crippen molar-refractivity contribution in [2.24, 2.45) is 4.99 Å². The molecule has 0 fully saturated rings. The molecule has 0 radical (unpaired) electrons. The number of carbonyl (C=O) groups is 2. The lowest BCUT2D eigenvalue weighted by Crippen LogP contribution is -2.32. The van der Waals surface area contributed by atoms with Crippen molar-refractivity contribution >= 4 is 29.4 Å². The lowest BCUT2D eigenvalue weighted by atomic mass is 10.0. The fourth-order valence-electron chi connectivity index (χ4n) is 3.47. The van der Waals surface area contributed by atoms with Gasteiger partial charge in [-0.05, 0) is 29.3 Å². The summed E-state index contributed by atoms with van der Waals surface area (Å²) >= 11 is 0. The van der Waals surface area contributed by atoms with Crippen LogP contribution >= 0.6 is 0 Å². The number of hydrogen-bond donors (Lipinski definition) is 1. The summed E-state index contributed by atoms with van der Waals surface area (Å²) in [5.41, 5.74) is 2.83. The van der Waals surface area contributed by atoms with Gasteiger partial charge in [0, 0.05) is 24.9 Å². The van der Waals surface area contributed by atoms with Crippen LogP contribution in [-0.4, -0.2) is 48.4 Å². The lowest BCUT2D eigenvalue weighted by Gasteiger charge is -2.18. The van der Waals surface area contributed by atoms with Crippen molar-refractivity contribution in [1.82, 2.24) is 4.90 Å². The number of fused-ring (bicyclic) bond motifs is 2. The molecule has 1 N–H and O–H groups in total. The van der Waals surface area contributed by atoms with E-state index < -0.39 is 5.97 Å². The Balaban J connectivity index is 1.72. The molecule has 4 rings (SSSR count). The maximum Gasteiger partial charge on any atom is 0.335 e. The van der Waals surface area contributed by atoms with E-state index in [0.29, 0.717) is 29.2 Å². The number of carboxylic acid groups (broad SMARTS) is 1. The zero-order chi connectivity index (χ0) is 19.8. The smallest absolute Gasteiger partial charge is 0.335 e. The minimum absolute atomic E-state index is 0.192. The first-order chi connectivity index (χ1) is 13.5. The molecule has 7 nitrogen and oxygen atoms in total. The van der Waals surface area contributed by atoms with E-state index in [2.05, 4.69) is 4.99 Å². The van der Waals surface area contributed by atoms with Crippen LogP contribution in [0, 0.1) is 0 Å². The van der Waals surface area contributed by atoms with E-state index in [-0.39, 0.29) is 17.5 Å². The normalized spacial score (nSPS) is 17.5. The highest BCUT2D eigenvalue weighted by molar-refractivity contribution is 6.05. The van der Waals surface area contributed by atoms with Crippen LogP contribution in [-0.2, 0) is 0 Å². The van der Waals surface area contributed by atoms with Gasteiger partial charge in [-0.25, -0.2) is 4.79 Å². The molecule has 2 aromatic rings. The zero-order valence-corrected chi connectivity index (χ0v) is 15.4. The van der Waals surface area contributed by atoms with Crippen molar-refractivity contribution in [3.05, 3.63) is 59.3 Å². The Hall–Kier alpha value is -3.61. The van der Waals surface area contributed by atoms with Crippen LogP contribution in [0.2, 0.25) is 0 Å². The number of hydrogen-bond acceptors (Lipinski definition) is 5. The van der Waals surface area contributed by atoms with E-state index in [1.54, 1.807) is 47.6 Å². The molecule has 2 aliphatic heterocycles. The molecule has 0 unspecified atom stereocenters. The quantitative estimate of drug-likeness (QED) is 0.881. The van der Waals surface area contributed by atoms with Gasteiger partial charge in [0.2, 0.25) is 0 Å². The number of methoxy groups -OCH3 is 2. The minimum atomic E-state index is -0.984. The van der Waals surface area contributed by atoms with Crippen molar-refractivity contribution < 1.29 is 24.2 Å². The second-order valence-corrected chi connectivity index (χ2v) is 6.53. The number of nitrogens with zero attached hydrogens (tertiary/aromatic N) is 2. The van der Waals surface area contributed by atoms with E-state index in [0.717, 1.165) is 11.1 Å². The summed E-state index contributed by atoms with van der Waals surface area (Å²) in [6.45, 7) is 0. The Morgan fingerprint density at radius 1 is 1.18 bits per heavy atom. The molecule has 1 amide bonds. The number of carboxylic acids is 1. The predicted molar refractivity (Wildman–Crippen MR) is 104 cm³/mol. The van der Waals surface area contributed by atoms with Gasteiger partial charge >= 0.3 is 5.97 Å². The Kier molecular flexibility index (Phi) is 4.35. The first-order valence-electron chi connectivity index (χ1n) is 8.69. The van der Waals surface area contributed by atoms with E-state index >= 15 is 0 Å². The molecule has 0 aliphatic carbocycles. The van der Waals surface area contributed by atoms with Gasteiger partial charge in [-0.2, -0.15) is 0 Å². The van der Waals surface area contributed by atoms with Crippen LogP contribution < -0.4 is 9.47 Å². The number of rotatable bonds is 4. The molecule has 2 heterocycles. The second-order valence-electron chi connectivity index (χ2n) is 6.53. The highest BCUT2D eigenvalue weighted by Crippen LogP contribution is 2.39. The summed E-state index contributed by atoms with van der Waals surface area (Å²) < 4.78 is 10.6. The van der Waals surface area contributed by atoms with Gasteiger partial charge in [-0.15, -0.1) is 0 Å². The second kappa shape index (κ2) is 6.84. The van der Waals surface area contributed by atoms with Crippen molar-refractivity contribution in [1.29, 1.82) is 0 Å². The summed E-state index contributed by atoms with van der Waals surface area (Å²) in [4.78, 5) is 30.5. The summed E-state index contributed by atoms with van der Waals surface area (Å²) in [7, 11) is 3.05. The number of ether oxygens (including phenoxy) is 2. The summed E-state index contributed by atoms with van der Waals surface area (Å²) in [6.07, 6.45) is 4.06. The average molecular weight is 378 g/mol. The number of aliphatic imine (C=N–C) groups is 1. The molecule has 142 valence electrons. The Bertz CT molecular complexity index is 1040. The molecule has 0 saturated carbocycles. The van der Waals surface area contributed by atoms with E-state index in [4.69, 9.17) is 9.47 Å². The van der Waals surface area contributed by atoms with Gasteiger partial charge in [-0.1, -0.05) is 12.1 Å². The van der Waals surface area contributed by atoms with Gasteiger partial charge in [0.25, 0.3) is 5.91 Å². The Morgan fingerprint density at radius 2 is 1.93 bits per heavy atom. The molecule has 0 bridgehead atoms. The van der Waals surface area contributed by atoms with E-state index in [1.165, 1.54) is 14.2 Å². The third-order valence-electron chi connectivity index (χ3n) is 4.91. The topological polar surface area (TPSA) is 88.4 Å². The molecule has 2 aliphatic rings. The first kappa shape index (κ1) is 17.8. The molecular formula is C21H18N2O5. The highest BCUT2D eigenvalue weighted by Gasteiger charge is 2.33. The summed E-state index contributed by atoms with van der Waals surface area (Å²) in [5.74, 6) is -0.207. The first-order valence-corrected chi connectivity index (χ1v) is 8.69. The predicted octanol–water partition coefficient (Wildman–Crippen LogP) is 3.37. The van der Waals surface area contributed by atoms with Crippen LogP contribution in [0.15, 0.2) is 47.6 Å². The average Bonchev–Trinajstić information content (AvgIpc) is 3.10. The SMILES string of the molecule is COc1cc2c(cc1OC)C(=O)N1C=C(c3cccc(C(=O)O)c3)C[C@H]1C=N2. The summed E-state index contributed by atoms with van der Waals surface area (Å²) in [6, 6.07) is 9.78. The molecule has 7 heteroatoms. The van der Waals surface area contributed by atoms with E-state index in [1.807, 2.05) is 6.07 Å². The maximum atomic E-state index is 13.1. The molecule has 28 heavy (non-hydrogen) atoms. The number of amides is 1. The summed E-state index contributed by atoms with van der Waals surface area (Å²) in [5, 5.41) is 9.21. The van der Waals surface area contributed by atoms with Gasteiger partial charge in [0.05, 0.1) is 37.1 Å². The Morgan fingerprint density at radius 3 is 2.64 bits per heavy atom. The monoisotopic (exact) mass is 378 g/mol. The standard InChI is InChI=1S/C21H18N2O5/c1-27-18-8-16-17(9-19(18)28-2)22-10-15-7-14(11-23(15)20(16)24)12-4-3-5-13(6-12)21(25)26/h3-6,8-11,15H,7H2,1-2H3,(H,25,26)/t15-/m0/s1. The number of carbonyl (C=O) groups excluding carboxylic acids is 1. The Labute approximate surface area is 161 Å². The van der Waals surface area contributed by atoms with Crippen LogP contribution in [0.4, 0.5) is 5.69 Å². The van der Waals surface area contributed by atoms with Gasteiger partial charge < -0.3 is 19.5 Å². The molecule has 0 saturated heterocycles. The minimum Gasteiger partial charge on any atom is -0.493 e. The van der Waals surface area contributed by atoms with Crippen molar-refractivity contribution in [2.45, 2.75) is 12.5 Å². The highest BCUT2D eigenvalue weighted by atomic mass is 16.5. The van der Waals surface area contributed by atoms with Crippen molar-refractivity contribution in [2.75, 3.05) is 14.2 Å². The van der Waals surface area contributed by atoms with Gasteiger partial charge in [-0.3, -0.25) is 9.79 Å². The largest absolute Gasteiger partial charge is 0.493 e. The fourth-order valence-corrected chi connectivity index (χ4v) is 3.47. The van der Waals surface area contributed by atoms with Crippen molar-refractivity contribution in [3.63, 3.8) is 0 Å². The molecule has 2 aromatic carbocycles. The van der Waals surface area contributed by atoms with Gasteiger partial charge in [0.1, 0.15) is 0 Å². The van der Waals surface area contributed by atoms with Crippen molar-refractivity contribution in [3.8, 4) is 11.5 Å². The van der Waals surface area contributed by atoms with Gasteiger partial charge in [0.15, 0.2) is 11.5 Å². The number of benzene rings is 2. The number of aromatic carboxylic acids is 1. The third kappa shape index (κ3) is 2.90.